The van der Waals surface area contributed by atoms with Crippen LogP contribution in [0.3, 0.4) is 0 Å². The van der Waals surface area contributed by atoms with Crippen LogP contribution in [-0.4, -0.2) is 84.1 Å². The summed E-state index contributed by atoms with van der Waals surface area (Å²) in [6, 6.07) is 3.99. The molecule has 162 valence electrons. The predicted molar refractivity (Wildman–Crippen MR) is 109 cm³/mol. The van der Waals surface area contributed by atoms with Gasteiger partial charge < -0.3 is 19.5 Å². The van der Waals surface area contributed by atoms with Crippen molar-refractivity contribution in [2.24, 2.45) is 0 Å². The highest BCUT2D eigenvalue weighted by molar-refractivity contribution is 7.92. The minimum absolute atomic E-state index is 0.340. The normalized spacial score (nSPS) is 18.1. The number of fused-ring (bicyclic) bond motifs is 1. The van der Waals surface area contributed by atoms with Crippen LogP contribution in [0.2, 0.25) is 0 Å². The van der Waals surface area contributed by atoms with Gasteiger partial charge in [0.2, 0.25) is 15.9 Å². The van der Waals surface area contributed by atoms with E-state index in [0.29, 0.717) is 36.9 Å². The van der Waals surface area contributed by atoms with E-state index in [1.807, 2.05) is 0 Å². The Bertz CT molecular complexity index is 810. The van der Waals surface area contributed by atoms with Gasteiger partial charge in [0.05, 0.1) is 25.2 Å². The Morgan fingerprint density at radius 3 is 2.55 bits per heavy atom. The number of nitrogens with zero attached hydrogens (tertiary/aromatic N) is 2. The van der Waals surface area contributed by atoms with Gasteiger partial charge in [0.1, 0.15) is 19.3 Å². The van der Waals surface area contributed by atoms with Crippen molar-refractivity contribution in [3.63, 3.8) is 0 Å². The molecule has 9 nitrogen and oxygen atoms in total. The number of hydrogen-bond acceptors (Lipinski definition) is 7. The molecule has 0 spiro atoms. The van der Waals surface area contributed by atoms with Crippen LogP contribution in [0, 0.1) is 0 Å². The minimum atomic E-state index is -3.68. The molecule has 0 aromatic heterocycles. The second kappa shape index (κ2) is 9.64. The molecule has 2 aliphatic heterocycles. The van der Waals surface area contributed by atoms with Crippen molar-refractivity contribution in [1.29, 1.82) is 0 Å². The molecule has 29 heavy (non-hydrogen) atoms. The summed E-state index contributed by atoms with van der Waals surface area (Å²) in [5.41, 5.74) is 0.368. The van der Waals surface area contributed by atoms with Crippen molar-refractivity contribution in [2.75, 3.05) is 63.2 Å². The number of anilines is 1. The number of nitrogens with one attached hydrogen (secondary N) is 1. The van der Waals surface area contributed by atoms with Crippen molar-refractivity contribution in [1.82, 2.24) is 10.2 Å². The zero-order valence-corrected chi connectivity index (χ0v) is 17.7. The quantitative estimate of drug-likeness (QED) is 0.602. The van der Waals surface area contributed by atoms with Crippen molar-refractivity contribution in [3.8, 4) is 11.5 Å². The van der Waals surface area contributed by atoms with Gasteiger partial charge in [0.25, 0.3) is 0 Å². The van der Waals surface area contributed by atoms with E-state index in [9.17, 15) is 13.2 Å². The standard InChI is InChI=1S/C19H29N3O6S/c1-15(19(23)20-6-3-7-21-8-10-26-11-9-21)22(29(2,24)25)16-4-5-17-18(14-16)28-13-12-27-17/h4-5,14-15H,3,6-13H2,1-2H3,(H,20,23)/t15-/m0/s1. The number of carbonyl (C=O) groups excluding carboxylic acids is 1. The maximum Gasteiger partial charge on any atom is 0.243 e. The van der Waals surface area contributed by atoms with Crippen LogP contribution in [0.25, 0.3) is 0 Å². The first-order valence-electron chi connectivity index (χ1n) is 9.83. The van der Waals surface area contributed by atoms with E-state index < -0.39 is 16.1 Å². The SMILES string of the molecule is C[C@@H](C(=O)NCCCN1CCOCC1)N(c1ccc2c(c1)OCCO2)S(C)(=O)=O. The molecular formula is C19H29N3O6S. The summed E-state index contributed by atoms with van der Waals surface area (Å²) in [5.74, 6) is 0.696. The fourth-order valence-corrected chi connectivity index (χ4v) is 4.63. The molecule has 1 amide bonds. The van der Waals surface area contributed by atoms with E-state index in [1.165, 1.54) is 0 Å². The number of benzene rings is 1. The Morgan fingerprint density at radius 2 is 1.86 bits per heavy atom. The van der Waals surface area contributed by atoms with Crippen molar-refractivity contribution >= 4 is 21.6 Å². The maximum atomic E-state index is 12.6. The van der Waals surface area contributed by atoms with Gasteiger partial charge in [0.15, 0.2) is 11.5 Å². The van der Waals surface area contributed by atoms with Crippen molar-refractivity contribution < 1.29 is 27.4 Å². The molecule has 1 aromatic rings. The molecule has 2 heterocycles. The molecule has 0 saturated carbocycles. The number of ether oxygens (including phenoxy) is 3. The average molecular weight is 428 g/mol. The first-order valence-corrected chi connectivity index (χ1v) is 11.7. The summed E-state index contributed by atoms with van der Waals surface area (Å²) >= 11 is 0. The fraction of sp³-hybridized carbons (Fsp3) is 0.632. The zero-order valence-electron chi connectivity index (χ0n) is 16.9. The van der Waals surface area contributed by atoms with E-state index in [-0.39, 0.29) is 5.91 Å². The molecule has 1 atom stereocenters. The lowest BCUT2D eigenvalue weighted by molar-refractivity contribution is -0.121. The summed E-state index contributed by atoms with van der Waals surface area (Å²) in [4.78, 5) is 14.9. The van der Waals surface area contributed by atoms with Gasteiger partial charge in [-0.15, -0.1) is 0 Å². The van der Waals surface area contributed by atoms with Crippen LogP contribution in [0.1, 0.15) is 13.3 Å². The van der Waals surface area contributed by atoms with E-state index in [2.05, 4.69) is 10.2 Å². The molecule has 0 bridgehead atoms. The highest BCUT2D eigenvalue weighted by Gasteiger charge is 2.30. The molecule has 1 saturated heterocycles. The van der Waals surface area contributed by atoms with Crippen LogP contribution >= 0.6 is 0 Å². The average Bonchev–Trinajstić information content (AvgIpc) is 2.70. The van der Waals surface area contributed by atoms with Crippen LogP contribution in [-0.2, 0) is 19.6 Å². The summed E-state index contributed by atoms with van der Waals surface area (Å²) in [6.07, 6.45) is 1.88. The first kappa shape index (κ1) is 21.7. The molecule has 3 rings (SSSR count). The highest BCUT2D eigenvalue weighted by Crippen LogP contribution is 2.35. The monoisotopic (exact) mass is 427 g/mol. The third-order valence-electron chi connectivity index (χ3n) is 4.92. The van der Waals surface area contributed by atoms with Crippen LogP contribution < -0.4 is 19.1 Å². The lowest BCUT2D eigenvalue weighted by atomic mass is 10.2. The summed E-state index contributed by atoms with van der Waals surface area (Å²) in [6.45, 7) is 7.06. The second-order valence-electron chi connectivity index (χ2n) is 7.16. The zero-order chi connectivity index (χ0) is 20.9. The van der Waals surface area contributed by atoms with Gasteiger partial charge in [-0.3, -0.25) is 14.0 Å². The molecule has 1 aromatic carbocycles. The van der Waals surface area contributed by atoms with E-state index in [0.717, 1.165) is 49.8 Å². The Labute approximate surface area is 171 Å². The molecule has 1 N–H and O–H groups in total. The van der Waals surface area contributed by atoms with E-state index in [1.54, 1.807) is 25.1 Å². The molecule has 10 heteroatoms. The van der Waals surface area contributed by atoms with Gasteiger partial charge >= 0.3 is 0 Å². The van der Waals surface area contributed by atoms with Gasteiger partial charge in [-0.25, -0.2) is 8.42 Å². The maximum absolute atomic E-state index is 12.6. The van der Waals surface area contributed by atoms with Gasteiger partial charge in [-0.2, -0.15) is 0 Å². The third-order valence-corrected chi connectivity index (χ3v) is 6.16. The highest BCUT2D eigenvalue weighted by atomic mass is 32.2. The van der Waals surface area contributed by atoms with Crippen LogP contribution in [0.15, 0.2) is 18.2 Å². The number of amides is 1. The van der Waals surface area contributed by atoms with Crippen LogP contribution in [0.4, 0.5) is 5.69 Å². The van der Waals surface area contributed by atoms with E-state index >= 15 is 0 Å². The van der Waals surface area contributed by atoms with Crippen molar-refractivity contribution in [3.05, 3.63) is 18.2 Å². The van der Waals surface area contributed by atoms with Gasteiger partial charge in [0, 0.05) is 25.7 Å². The van der Waals surface area contributed by atoms with E-state index in [4.69, 9.17) is 14.2 Å². The largest absolute Gasteiger partial charge is 0.486 e. The molecule has 1 fully saturated rings. The lowest BCUT2D eigenvalue weighted by Crippen LogP contribution is -2.48. The summed E-state index contributed by atoms with van der Waals surface area (Å²) in [7, 11) is -3.68. The number of sulfonamides is 1. The Kier molecular flexibility index (Phi) is 7.20. The Morgan fingerprint density at radius 1 is 1.17 bits per heavy atom. The second-order valence-corrected chi connectivity index (χ2v) is 9.02. The molecule has 0 unspecified atom stereocenters. The van der Waals surface area contributed by atoms with Gasteiger partial charge in [-0.05, 0) is 32.0 Å². The lowest BCUT2D eigenvalue weighted by Gasteiger charge is -2.29. The topological polar surface area (TPSA) is 97.4 Å². The Balaban J connectivity index is 1.61. The molecule has 0 aliphatic carbocycles. The summed E-state index contributed by atoms with van der Waals surface area (Å²) < 4.78 is 42.3. The van der Waals surface area contributed by atoms with Crippen LogP contribution in [0.5, 0.6) is 11.5 Å². The Hall–Kier alpha value is -2.04. The predicted octanol–water partition coefficient (Wildman–Crippen LogP) is 0.451. The van der Waals surface area contributed by atoms with Crippen molar-refractivity contribution in [2.45, 2.75) is 19.4 Å². The third kappa shape index (κ3) is 5.74. The smallest absolute Gasteiger partial charge is 0.243 e. The number of rotatable bonds is 8. The summed E-state index contributed by atoms with van der Waals surface area (Å²) in [5, 5.41) is 2.85. The molecule has 0 radical (unpaired) electrons. The molecule has 2 aliphatic rings. The first-order chi connectivity index (χ1) is 13.9. The minimum Gasteiger partial charge on any atom is -0.486 e. The fourth-order valence-electron chi connectivity index (χ4n) is 3.46. The molecular weight excluding hydrogens is 398 g/mol. The number of hydrogen-bond donors (Lipinski definition) is 1. The van der Waals surface area contributed by atoms with Gasteiger partial charge in [-0.1, -0.05) is 0 Å². The number of morpholine rings is 1. The number of carbonyl (C=O) groups is 1.